The summed E-state index contributed by atoms with van der Waals surface area (Å²) in [4.78, 5) is 7.16. The summed E-state index contributed by atoms with van der Waals surface area (Å²) in [5.74, 6) is 0.834. The fourth-order valence-corrected chi connectivity index (χ4v) is 3.27. The molecule has 0 fully saturated rings. The molecule has 2 N–H and O–H groups in total. The van der Waals surface area contributed by atoms with Gasteiger partial charge in [-0.3, -0.25) is 0 Å². The summed E-state index contributed by atoms with van der Waals surface area (Å²) in [7, 11) is 1.67. The Morgan fingerprint density at radius 1 is 1.17 bits per heavy atom. The molecule has 23 heavy (non-hydrogen) atoms. The van der Waals surface area contributed by atoms with Crippen molar-refractivity contribution < 1.29 is 9.84 Å². The Labute approximate surface area is 136 Å². The van der Waals surface area contributed by atoms with Gasteiger partial charge in [0.25, 0.3) is 0 Å². The summed E-state index contributed by atoms with van der Waals surface area (Å²) in [5, 5.41) is 13.6. The Kier molecular flexibility index (Phi) is 3.86. The van der Waals surface area contributed by atoms with E-state index < -0.39 is 5.60 Å². The Morgan fingerprint density at radius 3 is 2.57 bits per heavy atom. The maximum absolute atomic E-state index is 11.5. The fraction of sp³-hybridized carbons (Fsp3) is 0.316. The molecule has 0 saturated carbocycles. The molecule has 1 aromatic heterocycles. The number of H-pyrrole nitrogens is 1. The number of imidazole rings is 1. The number of rotatable bonds is 4. The third-order valence-electron chi connectivity index (χ3n) is 4.66. The van der Waals surface area contributed by atoms with Crippen molar-refractivity contribution in [3.8, 4) is 5.75 Å². The molecule has 0 bridgehead atoms. The van der Waals surface area contributed by atoms with Gasteiger partial charge in [-0.2, -0.15) is 0 Å². The van der Waals surface area contributed by atoms with Crippen LogP contribution in [0.5, 0.6) is 5.75 Å². The largest absolute Gasteiger partial charge is 0.496 e. The van der Waals surface area contributed by atoms with E-state index in [-0.39, 0.29) is 5.92 Å². The molecule has 3 aromatic rings. The van der Waals surface area contributed by atoms with Gasteiger partial charge in [0.05, 0.1) is 25.3 Å². The van der Waals surface area contributed by atoms with Gasteiger partial charge in [0, 0.05) is 0 Å². The maximum atomic E-state index is 11.5. The zero-order chi connectivity index (χ0) is 16.6. The molecule has 0 amide bonds. The van der Waals surface area contributed by atoms with Crippen LogP contribution < -0.4 is 4.74 Å². The molecule has 0 radical (unpaired) electrons. The minimum atomic E-state index is -1.13. The van der Waals surface area contributed by atoms with Crippen molar-refractivity contribution in [2.75, 3.05) is 7.11 Å². The van der Waals surface area contributed by atoms with Crippen LogP contribution in [-0.4, -0.2) is 22.2 Å². The number of hydrogen-bond acceptors (Lipinski definition) is 3. The van der Waals surface area contributed by atoms with Crippen molar-refractivity contribution in [3.63, 3.8) is 0 Å². The topological polar surface area (TPSA) is 58.1 Å². The van der Waals surface area contributed by atoms with E-state index in [0.717, 1.165) is 27.6 Å². The third kappa shape index (κ3) is 2.30. The lowest BCUT2D eigenvalue weighted by molar-refractivity contribution is 0.0294. The lowest BCUT2D eigenvalue weighted by Gasteiger charge is -2.33. The minimum Gasteiger partial charge on any atom is -0.496 e. The molecule has 4 nitrogen and oxygen atoms in total. The highest BCUT2D eigenvalue weighted by Crippen LogP contribution is 2.40. The third-order valence-corrected chi connectivity index (χ3v) is 4.66. The molecule has 2 aromatic carbocycles. The summed E-state index contributed by atoms with van der Waals surface area (Å²) in [6, 6.07) is 9.99. The lowest BCUT2D eigenvalue weighted by atomic mass is 9.78. The molecule has 1 unspecified atom stereocenters. The number of aromatic nitrogens is 2. The molecule has 120 valence electrons. The number of ether oxygens (including phenoxy) is 1. The Hall–Kier alpha value is -2.33. The Morgan fingerprint density at radius 2 is 1.96 bits per heavy atom. The predicted octanol–water partition coefficient (Wildman–Crippen LogP) is 3.77. The molecule has 1 atom stereocenters. The molecule has 0 aliphatic carbocycles. The summed E-state index contributed by atoms with van der Waals surface area (Å²) in [6.45, 7) is 6.06. The van der Waals surface area contributed by atoms with Gasteiger partial charge >= 0.3 is 0 Å². The van der Waals surface area contributed by atoms with Gasteiger partial charge in [-0.25, -0.2) is 4.98 Å². The van der Waals surface area contributed by atoms with E-state index in [1.54, 1.807) is 19.6 Å². The molecular formula is C19H22N2O2. The number of benzene rings is 2. The number of nitrogens with one attached hydrogen (secondary N) is 1. The van der Waals surface area contributed by atoms with Gasteiger partial charge in [0.1, 0.15) is 11.4 Å². The lowest BCUT2D eigenvalue weighted by Crippen LogP contribution is -2.34. The summed E-state index contributed by atoms with van der Waals surface area (Å²) >= 11 is 0. The zero-order valence-electron chi connectivity index (χ0n) is 13.9. The first kappa shape index (κ1) is 15.6. The van der Waals surface area contributed by atoms with E-state index in [4.69, 9.17) is 4.74 Å². The summed E-state index contributed by atoms with van der Waals surface area (Å²) in [5.41, 5.74) is 1.52. The quantitative estimate of drug-likeness (QED) is 0.771. The fourth-order valence-electron chi connectivity index (χ4n) is 3.27. The molecule has 0 aliphatic heterocycles. The number of methoxy groups -OCH3 is 1. The summed E-state index contributed by atoms with van der Waals surface area (Å²) in [6.07, 6.45) is 3.29. The van der Waals surface area contributed by atoms with Crippen LogP contribution in [0.3, 0.4) is 0 Å². The SMILES string of the molecule is COc1ccc2c(C(O)(c3cnc[nH]3)C(C)C)cccc2c1C. The monoisotopic (exact) mass is 310 g/mol. The van der Waals surface area contributed by atoms with Crippen molar-refractivity contribution in [3.05, 3.63) is 59.7 Å². The Balaban J connectivity index is 2.33. The van der Waals surface area contributed by atoms with E-state index in [1.165, 1.54) is 0 Å². The van der Waals surface area contributed by atoms with Crippen LogP contribution in [0.4, 0.5) is 0 Å². The van der Waals surface area contributed by atoms with Gasteiger partial charge in [-0.05, 0) is 40.8 Å². The van der Waals surface area contributed by atoms with Gasteiger partial charge in [-0.1, -0.05) is 38.1 Å². The number of hydrogen-bond donors (Lipinski definition) is 2. The number of aryl methyl sites for hydroxylation is 1. The zero-order valence-corrected chi connectivity index (χ0v) is 13.9. The van der Waals surface area contributed by atoms with Crippen LogP contribution in [0.15, 0.2) is 42.9 Å². The summed E-state index contributed by atoms with van der Waals surface area (Å²) < 4.78 is 5.42. The second-order valence-corrected chi connectivity index (χ2v) is 6.18. The molecule has 1 heterocycles. The van der Waals surface area contributed by atoms with E-state index in [0.29, 0.717) is 5.69 Å². The maximum Gasteiger partial charge on any atom is 0.134 e. The molecule has 0 saturated heterocycles. The van der Waals surface area contributed by atoms with Crippen LogP contribution >= 0.6 is 0 Å². The molecule has 0 aliphatic rings. The number of nitrogens with zero attached hydrogens (tertiary/aromatic N) is 1. The standard InChI is InChI=1S/C19H22N2O2/c1-12(2)19(22,18-10-20-11-21-18)16-7-5-6-14-13(3)17(23-4)9-8-15(14)16/h5-12,22H,1-4H3,(H,20,21). The number of fused-ring (bicyclic) bond motifs is 1. The number of aromatic amines is 1. The first-order valence-electron chi connectivity index (χ1n) is 7.78. The second kappa shape index (κ2) is 5.70. The predicted molar refractivity (Wildman–Crippen MR) is 91.7 cm³/mol. The number of aliphatic hydroxyl groups is 1. The molecule has 0 spiro atoms. The first-order valence-corrected chi connectivity index (χ1v) is 7.78. The highest BCUT2D eigenvalue weighted by atomic mass is 16.5. The van der Waals surface area contributed by atoms with Gasteiger partial charge in [-0.15, -0.1) is 0 Å². The second-order valence-electron chi connectivity index (χ2n) is 6.18. The van der Waals surface area contributed by atoms with Crippen LogP contribution in [0.25, 0.3) is 10.8 Å². The van der Waals surface area contributed by atoms with Crippen LogP contribution in [0, 0.1) is 12.8 Å². The normalized spacial score (nSPS) is 14.2. The van der Waals surface area contributed by atoms with Crippen LogP contribution in [0.2, 0.25) is 0 Å². The molecule has 4 heteroatoms. The Bertz CT molecular complexity index is 825. The van der Waals surface area contributed by atoms with Crippen molar-refractivity contribution >= 4 is 10.8 Å². The smallest absolute Gasteiger partial charge is 0.134 e. The highest BCUT2D eigenvalue weighted by Gasteiger charge is 2.38. The van der Waals surface area contributed by atoms with E-state index >= 15 is 0 Å². The van der Waals surface area contributed by atoms with Crippen molar-refractivity contribution in [2.45, 2.75) is 26.4 Å². The van der Waals surface area contributed by atoms with E-state index in [2.05, 4.69) is 16.0 Å². The first-order chi connectivity index (χ1) is 11.0. The highest BCUT2D eigenvalue weighted by molar-refractivity contribution is 5.91. The van der Waals surface area contributed by atoms with Gasteiger partial charge < -0.3 is 14.8 Å². The molecule has 3 rings (SSSR count). The van der Waals surface area contributed by atoms with E-state index in [1.807, 2.05) is 45.0 Å². The van der Waals surface area contributed by atoms with E-state index in [9.17, 15) is 5.11 Å². The van der Waals surface area contributed by atoms with Crippen molar-refractivity contribution in [2.24, 2.45) is 5.92 Å². The van der Waals surface area contributed by atoms with Crippen molar-refractivity contribution in [1.29, 1.82) is 0 Å². The molecular weight excluding hydrogens is 288 g/mol. The van der Waals surface area contributed by atoms with Crippen LogP contribution in [-0.2, 0) is 5.60 Å². The van der Waals surface area contributed by atoms with Gasteiger partial charge in [0.2, 0.25) is 0 Å². The minimum absolute atomic E-state index is 0.0176. The van der Waals surface area contributed by atoms with Crippen molar-refractivity contribution in [1.82, 2.24) is 9.97 Å². The average Bonchev–Trinajstić information content (AvgIpc) is 3.09. The van der Waals surface area contributed by atoms with Gasteiger partial charge in [0.15, 0.2) is 0 Å². The van der Waals surface area contributed by atoms with Crippen LogP contribution in [0.1, 0.15) is 30.7 Å². The average molecular weight is 310 g/mol.